The van der Waals surface area contributed by atoms with E-state index in [0.717, 1.165) is 5.39 Å². The zero-order valence-electron chi connectivity index (χ0n) is 17.5. The van der Waals surface area contributed by atoms with Gasteiger partial charge in [-0.2, -0.15) is 0 Å². The molecule has 1 N–H and O–H groups in total. The molecule has 6 aromatic rings. The smallest absolute Gasteiger partial charge is 0.294 e. The molecule has 0 spiro atoms. The van der Waals surface area contributed by atoms with Crippen LogP contribution in [0.1, 0.15) is 5.82 Å². The third-order valence-corrected chi connectivity index (χ3v) is 6.61. The molecule has 0 radical (unpaired) electrons. The van der Waals surface area contributed by atoms with Gasteiger partial charge in [-0.1, -0.05) is 53.7 Å². The Hall–Kier alpha value is -3.88. The number of fused-ring (bicyclic) bond motifs is 4. The van der Waals surface area contributed by atoms with E-state index in [1.165, 1.54) is 16.3 Å². The molecule has 6 rings (SSSR count). The van der Waals surface area contributed by atoms with Crippen molar-refractivity contribution in [2.45, 2.75) is 10.9 Å². The molecule has 3 aromatic heterocycles. The normalized spacial score (nSPS) is 11.6. The summed E-state index contributed by atoms with van der Waals surface area (Å²) in [6.45, 7) is 0. The molecule has 34 heavy (non-hydrogen) atoms. The Labute approximate surface area is 201 Å². The SMILES string of the molecule is O=c1[nH]c(CSc2nc3ccccc3c(=O)n2-c2cccc(Cl)c2)nc2c1oc1ccccc12. The number of hydrogen-bond acceptors (Lipinski definition) is 6. The molecule has 0 aliphatic heterocycles. The number of furan rings is 1. The number of H-pyrrole nitrogens is 1. The number of aromatic amines is 1. The first-order valence-corrected chi connectivity index (χ1v) is 11.8. The standard InChI is InChI=1S/C25H15ClN4O3S/c26-14-6-5-7-15(12-14)30-24(32)16-8-1-3-10-18(16)27-25(30)34-13-20-28-21-17-9-2-4-11-19(17)33-22(21)23(31)29-20/h1-12H,13H2,(H,28,29,31). The van der Waals surface area contributed by atoms with E-state index in [-0.39, 0.29) is 22.5 Å². The van der Waals surface area contributed by atoms with Crippen LogP contribution < -0.4 is 11.1 Å². The van der Waals surface area contributed by atoms with Crippen LogP contribution in [-0.2, 0) is 5.75 Å². The maximum atomic E-state index is 13.4. The van der Waals surface area contributed by atoms with Crippen LogP contribution in [0.5, 0.6) is 0 Å². The lowest BCUT2D eigenvalue weighted by Gasteiger charge is -2.13. The van der Waals surface area contributed by atoms with Crippen molar-refractivity contribution in [2.75, 3.05) is 0 Å². The highest BCUT2D eigenvalue weighted by molar-refractivity contribution is 7.98. The van der Waals surface area contributed by atoms with Gasteiger partial charge in [-0.25, -0.2) is 9.97 Å². The predicted octanol–water partition coefficient (Wildman–Crippen LogP) is 5.31. The first kappa shape index (κ1) is 20.7. The van der Waals surface area contributed by atoms with Gasteiger partial charge in [0.25, 0.3) is 11.1 Å². The van der Waals surface area contributed by atoms with Crippen molar-refractivity contribution in [1.82, 2.24) is 19.5 Å². The third kappa shape index (κ3) is 3.48. The fraction of sp³-hybridized carbons (Fsp3) is 0.0400. The zero-order chi connectivity index (χ0) is 23.2. The van der Waals surface area contributed by atoms with Crippen molar-refractivity contribution in [3.8, 4) is 5.69 Å². The van der Waals surface area contributed by atoms with Gasteiger partial charge in [0.1, 0.15) is 16.9 Å². The summed E-state index contributed by atoms with van der Waals surface area (Å²) in [4.78, 5) is 38.2. The van der Waals surface area contributed by atoms with Gasteiger partial charge < -0.3 is 9.40 Å². The molecule has 0 bridgehead atoms. The van der Waals surface area contributed by atoms with Crippen LogP contribution >= 0.6 is 23.4 Å². The Balaban J connectivity index is 1.47. The predicted molar refractivity (Wildman–Crippen MR) is 134 cm³/mol. The quantitative estimate of drug-likeness (QED) is 0.268. The topological polar surface area (TPSA) is 93.8 Å². The largest absolute Gasteiger partial charge is 0.449 e. The van der Waals surface area contributed by atoms with Gasteiger partial charge in [0.15, 0.2) is 5.16 Å². The van der Waals surface area contributed by atoms with Crippen LogP contribution in [0.25, 0.3) is 38.7 Å². The molecule has 0 saturated heterocycles. The average molecular weight is 487 g/mol. The second-order valence-electron chi connectivity index (χ2n) is 7.61. The van der Waals surface area contributed by atoms with Gasteiger partial charge in [0.05, 0.1) is 22.3 Å². The lowest BCUT2D eigenvalue weighted by Crippen LogP contribution is -2.22. The zero-order valence-corrected chi connectivity index (χ0v) is 19.1. The Morgan fingerprint density at radius 2 is 1.74 bits per heavy atom. The number of thioether (sulfide) groups is 1. The van der Waals surface area contributed by atoms with E-state index in [4.69, 9.17) is 21.0 Å². The molecule has 7 nitrogen and oxygen atoms in total. The van der Waals surface area contributed by atoms with Crippen molar-refractivity contribution < 1.29 is 4.42 Å². The highest BCUT2D eigenvalue weighted by Gasteiger charge is 2.16. The number of para-hydroxylation sites is 2. The molecule has 3 heterocycles. The molecule has 0 aliphatic carbocycles. The number of benzene rings is 3. The lowest BCUT2D eigenvalue weighted by molar-refractivity contribution is 0.660. The molecule has 0 atom stereocenters. The van der Waals surface area contributed by atoms with Gasteiger partial charge in [0, 0.05) is 10.4 Å². The highest BCUT2D eigenvalue weighted by atomic mass is 35.5. The van der Waals surface area contributed by atoms with E-state index < -0.39 is 0 Å². The van der Waals surface area contributed by atoms with Crippen LogP contribution in [-0.4, -0.2) is 19.5 Å². The lowest BCUT2D eigenvalue weighted by atomic mass is 10.2. The highest BCUT2D eigenvalue weighted by Crippen LogP contribution is 2.27. The summed E-state index contributed by atoms with van der Waals surface area (Å²) in [5.41, 5.74) is 1.94. The summed E-state index contributed by atoms with van der Waals surface area (Å²) >= 11 is 7.50. The number of hydrogen-bond donors (Lipinski definition) is 1. The molecule has 0 amide bonds. The number of nitrogens with zero attached hydrogens (tertiary/aromatic N) is 3. The summed E-state index contributed by atoms with van der Waals surface area (Å²) in [5, 5.41) is 2.25. The maximum Gasteiger partial charge on any atom is 0.294 e. The number of nitrogens with one attached hydrogen (secondary N) is 1. The van der Waals surface area contributed by atoms with Crippen LogP contribution in [0, 0.1) is 0 Å². The first-order valence-electron chi connectivity index (χ1n) is 10.4. The number of halogens is 1. The minimum atomic E-state index is -0.351. The minimum Gasteiger partial charge on any atom is -0.449 e. The van der Waals surface area contributed by atoms with Gasteiger partial charge in [-0.15, -0.1) is 0 Å². The van der Waals surface area contributed by atoms with Crippen LogP contribution in [0.2, 0.25) is 5.02 Å². The maximum absolute atomic E-state index is 13.4. The van der Waals surface area contributed by atoms with Crippen LogP contribution in [0.3, 0.4) is 0 Å². The van der Waals surface area contributed by atoms with E-state index in [2.05, 4.69) is 9.97 Å². The molecular formula is C25H15ClN4O3S. The molecule has 0 unspecified atom stereocenters. The van der Waals surface area contributed by atoms with E-state index in [0.29, 0.717) is 43.7 Å². The van der Waals surface area contributed by atoms with E-state index in [1.807, 2.05) is 24.3 Å². The minimum absolute atomic E-state index is 0.189. The molecular weight excluding hydrogens is 472 g/mol. The molecule has 3 aromatic carbocycles. The summed E-state index contributed by atoms with van der Waals surface area (Å²) in [6.07, 6.45) is 0. The van der Waals surface area contributed by atoms with E-state index >= 15 is 0 Å². The fourth-order valence-electron chi connectivity index (χ4n) is 3.90. The Morgan fingerprint density at radius 1 is 0.941 bits per heavy atom. The second kappa shape index (κ2) is 8.16. The average Bonchev–Trinajstić information content (AvgIpc) is 3.22. The van der Waals surface area contributed by atoms with Crippen molar-refractivity contribution in [2.24, 2.45) is 0 Å². The summed E-state index contributed by atoms with van der Waals surface area (Å²) in [5.74, 6) is 0.741. The molecule has 0 saturated carbocycles. The van der Waals surface area contributed by atoms with E-state index in [1.54, 1.807) is 48.5 Å². The number of rotatable bonds is 4. The van der Waals surface area contributed by atoms with Crippen molar-refractivity contribution in [3.63, 3.8) is 0 Å². The Bertz CT molecular complexity index is 1840. The van der Waals surface area contributed by atoms with E-state index in [9.17, 15) is 9.59 Å². The summed E-state index contributed by atoms with van der Waals surface area (Å²) < 4.78 is 7.20. The van der Waals surface area contributed by atoms with Crippen molar-refractivity contribution in [1.29, 1.82) is 0 Å². The van der Waals surface area contributed by atoms with Crippen molar-refractivity contribution >= 4 is 56.3 Å². The first-order chi connectivity index (χ1) is 16.6. The van der Waals surface area contributed by atoms with Crippen LogP contribution in [0.4, 0.5) is 0 Å². The molecule has 166 valence electrons. The summed E-state index contributed by atoms with van der Waals surface area (Å²) in [7, 11) is 0. The summed E-state index contributed by atoms with van der Waals surface area (Å²) in [6, 6.07) is 21.6. The van der Waals surface area contributed by atoms with Crippen molar-refractivity contribution in [3.05, 3.63) is 104 Å². The fourth-order valence-corrected chi connectivity index (χ4v) is 4.97. The Kier molecular flexibility index (Phi) is 4.97. The third-order valence-electron chi connectivity index (χ3n) is 5.43. The second-order valence-corrected chi connectivity index (χ2v) is 8.99. The van der Waals surface area contributed by atoms with Gasteiger partial charge in [-0.05, 0) is 42.5 Å². The molecule has 0 aliphatic rings. The van der Waals surface area contributed by atoms with Gasteiger partial charge in [0.2, 0.25) is 5.58 Å². The Morgan fingerprint density at radius 3 is 2.59 bits per heavy atom. The molecule has 0 fully saturated rings. The van der Waals surface area contributed by atoms with Crippen LogP contribution in [0.15, 0.2) is 92.0 Å². The van der Waals surface area contributed by atoms with Gasteiger partial charge in [-0.3, -0.25) is 14.2 Å². The number of aromatic nitrogens is 4. The molecule has 9 heteroatoms. The monoisotopic (exact) mass is 486 g/mol. The van der Waals surface area contributed by atoms with Gasteiger partial charge >= 0.3 is 0 Å².